The van der Waals surface area contributed by atoms with Crippen molar-refractivity contribution < 1.29 is 19.1 Å². The molecule has 120 valence electrons. The van der Waals surface area contributed by atoms with Gasteiger partial charge in [0.25, 0.3) is 5.91 Å². The summed E-state index contributed by atoms with van der Waals surface area (Å²) in [6.07, 6.45) is 0.505. The molecular weight excluding hydrogens is 304 g/mol. The lowest BCUT2D eigenvalue weighted by molar-refractivity contribution is -0.127. The van der Waals surface area contributed by atoms with Crippen molar-refractivity contribution in [2.24, 2.45) is 5.92 Å². The molecule has 1 unspecified atom stereocenters. The molecule has 2 amide bonds. The van der Waals surface area contributed by atoms with Crippen molar-refractivity contribution in [1.29, 1.82) is 0 Å². The third kappa shape index (κ3) is 4.38. The number of rotatable bonds is 6. The molecule has 0 bridgehead atoms. The van der Waals surface area contributed by atoms with Crippen LogP contribution in [-0.4, -0.2) is 42.9 Å². The van der Waals surface area contributed by atoms with E-state index in [9.17, 15) is 14.4 Å². The second-order valence-electron chi connectivity index (χ2n) is 5.68. The molecule has 0 aliphatic carbocycles. The molecule has 2 heterocycles. The number of ether oxygens (including phenoxy) is 1. The van der Waals surface area contributed by atoms with E-state index in [1.807, 2.05) is 13.8 Å². The minimum absolute atomic E-state index is 0.0291. The van der Waals surface area contributed by atoms with E-state index in [2.05, 4.69) is 10.6 Å². The van der Waals surface area contributed by atoms with E-state index in [0.717, 1.165) is 0 Å². The molecule has 7 heteroatoms. The Morgan fingerprint density at radius 1 is 1.45 bits per heavy atom. The van der Waals surface area contributed by atoms with Gasteiger partial charge in [-0.25, -0.2) is 0 Å². The van der Waals surface area contributed by atoms with Crippen LogP contribution in [0.5, 0.6) is 0 Å². The highest BCUT2D eigenvalue weighted by Gasteiger charge is 2.30. The van der Waals surface area contributed by atoms with Gasteiger partial charge >= 0.3 is 0 Å². The predicted octanol–water partition coefficient (Wildman–Crippen LogP) is 0.977. The van der Waals surface area contributed by atoms with Crippen molar-refractivity contribution in [2.75, 3.05) is 13.2 Å². The lowest BCUT2D eigenvalue weighted by Gasteiger charge is -2.21. The zero-order valence-electron chi connectivity index (χ0n) is 12.6. The maximum Gasteiger partial charge on any atom is 0.261 e. The zero-order valence-corrected chi connectivity index (χ0v) is 13.4. The molecule has 0 aromatic carbocycles. The Morgan fingerprint density at radius 3 is 2.77 bits per heavy atom. The third-order valence-electron chi connectivity index (χ3n) is 3.31. The second-order valence-corrected chi connectivity index (χ2v) is 6.62. The Balaban J connectivity index is 2.00. The fourth-order valence-corrected chi connectivity index (χ4v) is 2.83. The van der Waals surface area contributed by atoms with Crippen molar-refractivity contribution >= 4 is 28.9 Å². The second kappa shape index (κ2) is 7.51. The van der Waals surface area contributed by atoms with Crippen molar-refractivity contribution in [3.63, 3.8) is 0 Å². The maximum atomic E-state index is 12.4. The quantitative estimate of drug-likeness (QED) is 0.817. The van der Waals surface area contributed by atoms with Crippen LogP contribution in [0.3, 0.4) is 0 Å². The summed E-state index contributed by atoms with van der Waals surface area (Å²) in [6, 6.07) is 2.22. The van der Waals surface area contributed by atoms with Crippen molar-refractivity contribution in [3.05, 3.63) is 22.4 Å². The highest BCUT2D eigenvalue weighted by molar-refractivity contribution is 7.12. The number of amides is 2. The van der Waals surface area contributed by atoms with Crippen LogP contribution in [0.15, 0.2) is 17.5 Å². The average molecular weight is 324 g/mol. The van der Waals surface area contributed by atoms with Crippen LogP contribution >= 0.6 is 11.3 Å². The Bertz CT molecular complexity index is 542. The number of hydrogen-bond donors (Lipinski definition) is 2. The fraction of sp³-hybridized carbons (Fsp3) is 0.533. The standard InChI is InChI=1S/C15H20N2O4S/c1-9(2)6-10(16-15(20)13-4-3-5-22-13)14(19)17-11-7-21-8-12(11)18/h3-5,9-11H,6-8H2,1-2H3,(H,16,20)(H,17,19)/t10-,11?/m0/s1. The van der Waals surface area contributed by atoms with Gasteiger partial charge in [-0.2, -0.15) is 0 Å². The number of carbonyl (C=O) groups is 3. The van der Waals surface area contributed by atoms with E-state index < -0.39 is 12.1 Å². The molecule has 0 spiro atoms. The summed E-state index contributed by atoms with van der Waals surface area (Å²) >= 11 is 1.32. The number of carbonyl (C=O) groups excluding carboxylic acids is 3. The van der Waals surface area contributed by atoms with Gasteiger partial charge < -0.3 is 15.4 Å². The molecule has 0 saturated carbocycles. The van der Waals surface area contributed by atoms with Gasteiger partial charge in [0.1, 0.15) is 18.7 Å². The molecule has 2 rings (SSSR count). The van der Waals surface area contributed by atoms with Crippen LogP contribution in [0.4, 0.5) is 0 Å². The summed E-state index contributed by atoms with van der Waals surface area (Å²) in [5.41, 5.74) is 0. The number of Topliss-reactive ketones (excluding diaryl/α,β-unsaturated/α-hetero) is 1. The minimum atomic E-state index is -0.664. The normalized spacial score (nSPS) is 19.2. The van der Waals surface area contributed by atoms with Crippen LogP contribution in [0.1, 0.15) is 29.9 Å². The smallest absolute Gasteiger partial charge is 0.261 e. The number of ketones is 1. The lowest BCUT2D eigenvalue weighted by Crippen LogP contribution is -2.51. The van der Waals surface area contributed by atoms with Crippen molar-refractivity contribution in [2.45, 2.75) is 32.4 Å². The first-order chi connectivity index (χ1) is 10.5. The summed E-state index contributed by atoms with van der Waals surface area (Å²) in [6.45, 7) is 4.17. The Morgan fingerprint density at radius 2 is 2.23 bits per heavy atom. The molecule has 22 heavy (non-hydrogen) atoms. The largest absolute Gasteiger partial charge is 0.371 e. The summed E-state index contributed by atoms with van der Waals surface area (Å²) in [7, 11) is 0. The molecule has 1 aliphatic heterocycles. The number of thiophene rings is 1. The van der Waals surface area contributed by atoms with E-state index in [1.54, 1.807) is 17.5 Å². The van der Waals surface area contributed by atoms with E-state index in [0.29, 0.717) is 11.3 Å². The first-order valence-electron chi connectivity index (χ1n) is 7.22. The molecular formula is C15H20N2O4S. The Labute approximate surface area is 133 Å². The first kappa shape index (κ1) is 16.6. The van der Waals surface area contributed by atoms with Crippen LogP contribution in [0, 0.1) is 5.92 Å². The molecule has 1 saturated heterocycles. The van der Waals surface area contributed by atoms with Gasteiger partial charge in [-0.3, -0.25) is 14.4 Å². The highest BCUT2D eigenvalue weighted by atomic mass is 32.1. The van der Waals surface area contributed by atoms with Crippen molar-refractivity contribution in [1.82, 2.24) is 10.6 Å². The van der Waals surface area contributed by atoms with Gasteiger partial charge in [0.15, 0.2) is 5.78 Å². The SMILES string of the molecule is CC(C)C[C@H](NC(=O)c1cccs1)C(=O)NC1COCC1=O. The van der Waals surface area contributed by atoms with Gasteiger partial charge in [-0.05, 0) is 23.8 Å². The Hall–Kier alpha value is -1.73. The van der Waals surface area contributed by atoms with Crippen LogP contribution in [0.2, 0.25) is 0 Å². The monoisotopic (exact) mass is 324 g/mol. The van der Waals surface area contributed by atoms with E-state index in [1.165, 1.54) is 11.3 Å². The van der Waals surface area contributed by atoms with Gasteiger partial charge in [0.2, 0.25) is 5.91 Å². The van der Waals surface area contributed by atoms with Gasteiger partial charge in [0.05, 0.1) is 11.5 Å². The molecule has 0 radical (unpaired) electrons. The molecule has 1 aliphatic rings. The van der Waals surface area contributed by atoms with Gasteiger partial charge in [-0.1, -0.05) is 19.9 Å². The molecule has 1 aromatic rings. The van der Waals surface area contributed by atoms with Gasteiger partial charge in [-0.15, -0.1) is 11.3 Å². The molecule has 6 nitrogen and oxygen atoms in total. The highest BCUT2D eigenvalue weighted by Crippen LogP contribution is 2.11. The third-order valence-corrected chi connectivity index (χ3v) is 4.18. The van der Waals surface area contributed by atoms with E-state index in [-0.39, 0.29) is 36.7 Å². The molecule has 2 N–H and O–H groups in total. The van der Waals surface area contributed by atoms with E-state index in [4.69, 9.17) is 4.74 Å². The van der Waals surface area contributed by atoms with Crippen LogP contribution in [0.25, 0.3) is 0 Å². The van der Waals surface area contributed by atoms with Crippen LogP contribution in [-0.2, 0) is 14.3 Å². The summed E-state index contributed by atoms with van der Waals surface area (Å²) in [5.74, 6) is -0.525. The minimum Gasteiger partial charge on any atom is -0.371 e. The van der Waals surface area contributed by atoms with Crippen molar-refractivity contribution in [3.8, 4) is 0 Å². The number of hydrogen-bond acceptors (Lipinski definition) is 5. The maximum absolute atomic E-state index is 12.4. The fourth-order valence-electron chi connectivity index (χ4n) is 2.21. The molecule has 1 fully saturated rings. The summed E-state index contributed by atoms with van der Waals surface area (Å²) in [4.78, 5) is 36.6. The summed E-state index contributed by atoms with van der Waals surface area (Å²) in [5, 5.41) is 7.21. The lowest BCUT2D eigenvalue weighted by atomic mass is 10.0. The molecule has 2 atom stereocenters. The average Bonchev–Trinajstić information content (AvgIpc) is 3.10. The van der Waals surface area contributed by atoms with E-state index >= 15 is 0 Å². The van der Waals surface area contributed by atoms with Crippen LogP contribution < -0.4 is 10.6 Å². The summed E-state index contributed by atoms with van der Waals surface area (Å²) < 4.78 is 5.02. The Kier molecular flexibility index (Phi) is 5.68. The number of nitrogens with one attached hydrogen (secondary N) is 2. The predicted molar refractivity (Wildman–Crippen MR) is 82.8 cm³/mol. The topological polar surface area (TPSA) is 84.5 Å². The zero-order chi connectivity index (χ0) is 16.1. The first-order valence-corrected chi connectivity index (χ1v) is 8.10. The van der Waals surface area contributed by atoms with Gasteiger partial charge in [0, 0.05) is 0 Å². The molecule has 1 aromatic heterocycles.